The molecule has 0 atom stereocenters. The standard InChI is InChI=1S/C20H27N3S/c1-3-4-12-19-22-18-15-21-17-11-7-6-10-16(17)20(18)23(19)13-8-5-9-14-24-2/h6-7,10-11,15H,3-5,8-9,12-14H2,1-2H3. The third kappa shape index (κ3) is 3.75. The Morgan fingerprint density at radius 3 is 2.75 bits per heavy atom. The van der Waals surface area contributed by atoms with Gasteiger partial charge in [0.15, 0.2) is 0 Å². The molecular formula is C20H27N3S. The number of fused-ring (bicyclic) bond motifs is 3. The third-order valence-corrected chi connectivity index (χ3v) is 5.24. The Bertz CT molecular complexity index is 794. The lowest BCUT2D eigenvalue weighted by Crippen LogP contribution is -2.05. The molecule has 0 saturated carbocycles. The van der Waals surface area contributed by atoms with E-state index in [0.717, 1.165) is 24.0 Å². The van der Waals surface area contributed by atoms with Crippen molar-refractivity contribution in [3.8, 4) is 0 Å². The number of rotatable bonds is 9. The predicted octanol–water partition coefficient (Wildman–Crippen LogP) is 5.46. The van der Waals surface area contributed by atoms with Crippen molar-refractivity contribution < 1.29 is 0 Å². The van der Waals surface area contributed by atoms with E-state index in [2.05, 4.69) is 47.0 Å². The van der Waals surface area contributed by atoms with Gasteiger partial charge in [-0.05, 0) is 37.3 Å². The molecule has 4 heteroatoms. The quantitative estimate of drug-likeness (QED) is 0.484. The first kappa shape index (κ1) is 17.3. The van der Waals surface area contributed by atoms with Gasteiger partial charge < -0.3 is 4.57 Å². The summed E-state index contributed by atoms with van der Waals surface area (Å²) in [7, 11) is 0. The summed E-state index contributed by atoms with van der Waals surface area (Å²) in [5, 5.41) is 1.23. The average molecular weight is 342 g/mol. The highest BCUT2D eigenvalue weighted by Crippen LogP contribution is 2.26. The van der Waals surface area contributed by atoms with Gasteiger partial charge in [-0.2, -0.15) is 11.8 Å². The monoisotopic (exact) mass is 341 g/mol. The van der Waals surface area contributed by atoms with Crippen molar-refractivity contribution in [2.75, 3.05) is 12.0 Å². The Kier molecular flexibility index (Phi) is 6.13. The second-order valence-electron chi connectivity index (χ2n) is 6.35. The molecule has 2 aromatic heterocycles. The molecule has 0 radical (unpaired) electrons. The minimum absolute atomic E-state index is 1.05. The molecule has 0 bridgehead atoms. The maximum Gasteiger partial charge on any atom is 0.109 e. The number of para-hydroxylation sites is 1. The fourth-order valence-electron chi connectivity index (χ4n) is 3.27. The molecule has 0 N–H and O–H groups in total. The van der Waals surface area contributed by atoms with E-state index in [4.69, 9.17) is 4.98 Å². The van der Waals surface area contributed by atoms with Crippen molar-refractivity contribution >= 4 is 33.7 Å². The van der Waals surface area contributed by atoms with Gasteiger partial charge in [-0.25, -0.2) is 4.98 Å². The molecule has 3 aromatic rings. The number of nitrogens with zero attached hydrogens (tertiary/aromatic N) is 3. The normalized spacial score (nSPS) is 11.6. The van der Waals surface area contributed by atoms with E-state index in [9.17, 15) is 0 Å². The predicted molar refractivity (Wildman–Crippen MR) is 106 cm³/mol. The second-order valence-corrected chi connectivity index (χ2v) is 7.33. The molecule has 2 heterocycles. The van der Waals surface area contributed by atoms with Crippen LogP contribution in [0, 0.1) is 0 Å². The number of aryl methyl sites for hydroxylation is 2. The van der Waals surface area contributed by atoms with Crippen molar-refractivity contribution in [1.82, 2.24) is 14.5 Å². The van der Waals surface area contributed by atoms with Gasteiger partial charge in [-0.15, -0.1) is 0 Å². The fourth-order valence-corrected chi connectivity index (χ4v) is 3.76. The van der Waals surface area contributed by atoms with Crippen LogP contribution >= 0.6 is 11.8 Å². The van der Waals surface area contributed by atoms with Crippen LogP contribution in [0.4, 0.5) is 0 Å². The SMILES string of the molecule is CCCCc1nc2cnc3ccccc3c2n1CCCCCSC. The highest BCUT2D eigenvalue weighted by molar-refractivity contribution is 7.98. The van der Waals surface area contributed by atoms with E-state index >= 15 is 0 Å². The van der Waals surface area contributed by atoms with Crippen LogP contribution in [0.1, 0.15) is 44.9 Å². The van der Waals surface area contributed by atoms with Crippen LogP contribution in [0.3, 0.4) is 0 Å². The van der Waals surface area contributed by atoms with E-state index in [-0.39, 0.29) is 0 Å². The molecular weight excluding hydrogens is 314 g/mol. The van der Waals surface area contributed by atoms with Gasteiger partial charge in [-0.1, -0.05) is 38.0 Å². The Balaban J connectivity index is 1.95. The van der Waals surface area contributed by atoms with Gasteiger partial charge in [0.2, 0.25) is 0 Å². The van der Waals surface area contributed by atoms with Crippen LogP contribution in [0.2, 0.25) is 0 Å². The van der Waals surface area contributed by atoms with Gasteiger partial charge in [0, 0.05) is 18.4 Å². The molecule has 0 aliphatic carbocycles. The maximum atomic E-state index is 4.91. The zero-order valence-corrected chi connectivity index (χ0v) is 15.6. The molecule has 0 fully saturated rings. The lowest BCUT2D eigenvalue weighted by molar-refractivity contribution is 0.585. The summed E-state index contributed by atoms with van der Waals surface area (Å²) in [5.74, 6) is 2.50. The number of imidazole rings is 1. The summed E-state index contributed by atoms with van der Waals surface area (Å²) in [6.45, 7) is 3.31. The summed E-state index contributed by atoms with van der Waals surface area (Å²) < 4.78 is 2.47. The van der Waals surface area contributed by atoms with E-state index in [0.29, 0.717) is 0 Å². The van der Waals surface area contributed by atoms with Crippen molar-refractivity contribution in [2.24, 2.45) is 0 Å². The molecule has 3 nitrogen and oxygen atoms in total. The molecule has 0 spiro atoms. The van der Waals surface area contributed by atoms with E-state index in [1.54, 1.807) is 0 Å². The summed E-state index contributed by atoms with van der Waals surface area (Å²) in [4.78, 5) is 9.50. The fraction of sp³-hybridized carbons (Fsp3) is 0.500. The zero-order valence-electron chi connectivity index (χ0n) is 14.8. The first-order valence-electron chi connectivity index (χ1n) is 9.07. The molecule has 0 unspecified atom stereocenters. The Morgan fingerprint density at radius 1 is 1.04 bits per heavy atom. The summed E-state index contributed by atoms with van der Waals surface area (Å²) in [6.07, 6.45) is 11.4. The highest BCUT2D eigenvalue weighted by atomic mass is 32.2. The van der Waals surface area contributed by atoms with Gasteiger partial charge in [0.1, 0.15) is 11.3 Å². The van der Waals surface area contributed by atoms with Crippen molar-refractivity contribution in [3.63, 3.8) is 0 Å². The minimum Gasteiger partial charge on any atom is -0.327 e. The minimum atomic E-state index is 1.05. The Labute approximate surface area is 148 Å². The maximum absolute atomic E-state index is 4.91. The van der Waals surface area contributed by atoms with Crippen molar-refractivity contribution in [3.05, 3.63) is 36.3 Å². The summed E-state index contributed by atoms with van der Waals surface area (Å²) >= 11 is 1.94. The third-order valence-electron chi connectivity index (χ3n) is 4.54. The smallest absolute Gasteiger partial charge is 0.109 e. The number of hydrogen-bond acceptors (Lipinski definition) is 3. The molecule has 128 valence electrons. The second kappa shape index (κ2) is 8.52. The number of pyridine rings is 1. The molecule has 3 rings (SSSR count). The molecule has 0 aliphatic heterocycles. The van der Waals surface area contributed by atoms with Crippen LogP contribution < -0.4 is 0 Å². The van der Waals surface area contributed by atoms with Gasteiger partial charge >= 0.3 is 0 Å². The number of unbranched alkanes of at least 4 members (excludes halogenated alkanes) is 3. The topological polar surface area (TPSA) is 30.7 Å². The number of thioether (sulfide) groups is 1. The van der Waals surface area contributed by atoms with E-state index in [1.165, 1.54) is 54.6 Å². The molecule has 0 aliphatic rings. The zero-order chi connectivity index (χ0) is 16.8. The van der Waals surface area contributed by atoms with Crippen molar-refractivity contribution in [2.45, 2.75) is 52.0 Å². The van der Waals surface area contributed by atoms with E-state index < -0.39 is 0 Å². The average Bonchev–Trinajstić information content (AvgIpc) is 2.98. The number of aromatic nitrogens is 3. The molecule has 0 saturated heterocycles. The summed E-state index contributed by atoms with van der Waals surface area (Å²) in [5.41, 5.74) is 3.39. The van der Waals surface area contributed by atoms with Gasteiger partial charge in [0.05, 0.1) is 17.2 Å². The number of hydrogen-bond donors (Lipinski definition) is 0. The van der Waals surface area contributed by atoms with Gasteiger partial charge in [-0.3, -0.25) is 4.98 Å². The van der Waals surface area contributed by atoms with Crippen LogP contribution in [-0.2, 0) is 13.0 Å². The van der Waals surface area contributed by atoms with Crippen LogP contribution in [-0.4, -0.2) is 26.5 Å². The highest BCUT2D eigenvalue weighted by Gasteiger charge is 2.13. The number of benzene rings is 1. The van der Waals surface area contributed by atoms with Crippen LogP contribution in [0.25, 0.3) is 21.9 Å². The van der Waals surface area contributed by atoms with Crippen molar-refractivity contribution in [1.29, 1.82) is 0 Å². The van der Waals surface area contributed by atoms with Crippen LogP contribution in [0.5, 0.6) is 0 Å². The first-order valence-corrected chi connectivity index (χ1v) is 10.5. The van der Waals surface area contributed by atoms with Gasteiger partial charge in [0.25, 0.3) is 0 Å². The molecule has 24 heavy (non-hydrogen) atoms. The first-order chi connectivity index (χ1) is 11.8. The lowest BCUT2D eigenvalue weighted by Gasteiger charge is -2.10. The molecule has 0 amide bonds. The summed E-state index contributed by atoms with van der Waals surface area (Å²) in [6, 6.07) is 8.43. The largest absolute Gasteiger partial charge is 0.327 e. The Hall–Kier alpha value is -1.55. The lowest BCUT2D eigenvalue weighted by atomic mass is 10.2. The van der Waals surface area contributed by atoms with E-state index in [1.807, 2.05) is 18.0 Å². The van der Waals surface area contributed by atoms with Crippen LogP contribution in [0.15, 0.2) is 30.5 Å². The molecule has 1 aromatic carbocycles. The Morgan fingerprint density at radius 2 is 1.92 bits per heavy atom.